The second kappa shape index (κ2) is 48.0. The van der Waals surface area contributed by atoms with Crippen LogP contribution in [0, 0.1) is 46.3 Å². The summed E-state index contributed by atoms with van der Waals surface area (Å²) in [6, 6.07) is 2.45. The summed E-state index contributed by atoms with van der Waals surface area (Å²) in [6.45, 7) is 11.9. The number of carboxylic acids is 3. The summed E-state index contributed by atoms with van der Waals surface area (Å²) < 4.78 is 11.9. The zero-order valence-corrected chi connectivity index (χ0v) is 73.3. The summed E-state index contributed by atoms with van der Waals surface area (Å²) >= 11 is 0. The summed E-state index contributed by atoms with van der Waals surface area (Å²) in [7, 11) is 2.30. The number of benzene rings is 2. The number of fused-ring (bicyclic) bond motifs is 5. The van der Waals surface area contributed by atoms with Crippen LogP contribution in [-0.2, 0) is 52.6 Å². The molecule has 2 aromatic rings. The molecule has 682 valence electrons. The topological polar surface area (TPSA) is 592 Å². The number of aliphatic carboxylic acids is 3. The fourth-order valence-corrected chi connectivity index (χ4v) is 20.9. The number of allylic oxidation sites excluding steroid dienone is 1. The number of amides is 9. The average Bonchev–Trinajstić information content (AvgIpc) is 1.66. The minimum atomic E-state index is -1.36. The molecule has 0 radical (unpaired) electrons. The van der Waals surface area contributed by atoms with E-state index < -0.39 is 95.4 Å². The van der Waals surface area contributed by atoms with Gasteiger partial charge < -0.3 is 91.5 Å². The zero-order valence-electron chi connectivity index (χ0n) is 71.7. The van der Waals surface area contributed by atoms with E-state index in [-0.39, 0.29) is 226 Å². The largest absolute Gasteiger partial charge is 0.480 e. The highest BCUT2D eigenvalue weighted by molar-refractivity contribution is 8.76. The van der Waals surface area contributed by atoms with Gasteiger partial charge in [0.1, 0.15) is 37.4 Å². The Kier molecular flexibility index (Phi) is 38.6. The first-order valence-corrected chi connectivity index (χ1v) is 45.4. The van der Waals surface area contributed by atoms with Gasteiger partial charge in [0.15, 0.2) is 17.9 Å². The summed E-state index contributed by atoms with van der Waals surface area (Å²) in [4.78, 5) is 180. The molecule has 0 bridgehead atoms. The highest BCUT2D eigenvalue weighted by atomic mass is 33.1. The van der Waals surface area contributed by atoms with E-state index in [9.17, 15) is 72.9 Å². The van der Waals surface area contributed by atoms with Crippen LogP contribution in [0.3, 0.4) is 0 Å². The van der Waals surface area contributed by atoms with E-state index in [4.69, 9.17) is 49.6 Å². The summed E-state index contributed by atoms with van der Waals surface area (Å²) in [5.41, 5.74) is 42.0. The second-order valence-electron chi connectivity index (χ2n) is 34.2. The summed E-state index contributed by atoms with van der Waals surface area (Å²) in [6.07, 6.45) is 14.4. The van der Waals surface area contributed by atoms with E-state index in [2.05, 4.69) is 87.6 Å². The first-order valence-electron chi connectivity index (χ1n) is 42.9. The lowest BCUT2D eigenvalue weighted by Crippen LogP contribution is -2.58. The van der Waals surface area contributed by atoms with E-state index in [1.165, 1.54) is 79.5 Å². The van der Waals surface area contributed by atoms with Crippen LogP contribution in [-0.4, -0.2) is 295 Å². The predicted octanol–water partition coefficient (Wildman–Crippen LogP) is 1.97. The Morgan fingerprint density at radius 2 is 1.10 bits per heavy atom. The van der Waals surface area contributed by atoms with Gasteiger partial charge in [0, 0.05) is 118 Å². The van der Waals surface area contributed by atoms with Gasteiger partial charge in [-0.1, -0.05) is 99.3 Å². The maximum absolute atomic E-state index is 14.6. The fourth-order valence-electron chi connectivity index (χ4n) is 18.9. The van der Waals surface area contributed by atoms with Gasteiger partial charge in [0.25, 0.3) is 11.8 Å². The number of rotatable bonds is 46. The lowest BCUT2D eigenvalue weighted by Gasteiger charge is -2.58. The molecule has 38 nitrogen and oxygen atoms in total. The first kappa shape index (κ1) is 98.8. The molecule has 4 fully saturated rings. The quantitative estimate of drug-likeness (QED) is 0.0112. The number of hydrogen-bond acceptors (Lipinski definition) is 23. The van der Waals surface area contributed by atoms with Gasteiger partial charge in [-0.05, 0) is 154 Å². The highest BCUT2D eigenvalue weighted by Gasteiger charge is 2.59. The lowest BCUT2D eigenvalue weighted by molar-refractivity contribution is -0.140. The van der Waals surface area contributed by atoms with Gasteiger partial charge in [-0.3, -0.25) is 97.5 Å². The number of nitrogens with two attached hydrogens (primary N) is 7. The highest BCUT2D eigenvalue weighted by Crippen LogP contribution is 2.67. The van der Waals surface area contributed by atoms with Gasteiger partial charge in [-0.2, -0.15) is 0 Å². The smallest absolute Gasteiger partial charge is 0.411 e. The molecule has 1 saturated heterocycles. The molecule has 9 amide bonds. The van der Waals surface area contributed by atoms with Crippen molar-refractivity contribution in [2.75, 3.05) is 141 Å². The second-order valence-corrected chi connectivity index (χ2v) is 36.8. The Morgan fingerprint density at radius 1 is 0.577 bits per heavy atom. The Balaban J connectivity index is 0.821. The number of ether oxygens (including phenoxy) is 2. The Morgan fingerprint density at radius 3 is 1.62 bits per heavy atom. The van der Waals surface area contributed by atoms with Crippen LogP contribution in [0.15, 0.2) is 57.0 Å². The monoisotopic (exact) mass is 1760 g/mol. The molecule has 0 spiro atoms. The lowest BCUT2D eigenvalue weighted by atomic mass is 9.47. The van der Waals surface area contributed by atoms with Crippen molar-refractivity contribution in [1.82, 2.24) is 51.1 Å². The number of carbonyl (C=O) groups excluding carboxylic acids is 9. The van der Waals surface area contributed by atoms with Crippen molar-refractivity contribution in [3.05, 3.63) is 53.1 Å². The summed E-state index contributed by atoms with van der Waals surface area (Å²) in [5.74, 6) is -5.21. The number of nitrogens with one attached hydrogen (secondary N) is 6. The van der Waals surface area contributed by atoms with Crippen LogP contribution in [0.5, 0.6) is 0 Å². The molecule has 8 rings (SSSR count). The number of primary amides is 1. The minimum Gasteiger partial charge on any atom is -0.480 e. The molecule has 0 unspecified atom stereocenters. The normalized spacial score (nSPS) is 22.6. The minimum absolute atomic E-state index is 0.0442. The predicted molar refractivity (Wildman–Crippen MR) is 470 cm³/mol. The molecule has 123 heavy (non-hydrogen) atoms. The molecule has 2 aliphatic heterocycles. The Hall–Kier alpha value is -9.61. The van der Waals surface area contributed by atoms with Crippen molar-refractivity contribution in [2.24, 2.45) is 101 Å². The van der Waals surface area contributed by atoms with Gasteiger partial charge in [-0.15, -0.1) is 0 Å². The Bertz CT molecular complexity index is 4090. The molecule has 2 aromatic carbocycles. The van der Waals surface area contributed by atoms with Crippen molar-refractivity contribution >= 4 is 127 Å². The molecule has 4 aliphatic carbocycles. The number of imide groups is 1. The molecule has 6 aliphatic rings. The maximum atomic E-state index is 14.6. The number of carboxylic acid groups (broad SMARTS) is 3. The fraction of sp³-hybridized carbons (Fsp3) is 0.675. The average molecular weight is 1760 g/mol. The van der Waals surface area contributed by atoms with E-state index in [0.717, 1.165) is 65.0 Å². The maximum Gasteiger partial charge on any atom is 0.411 e. The van der Waals surface area contributed by atoms with Crippen LogP contribution in [0.2, 0.25) is 0 Å². The number of nitrogens with zero attached hydrogens (tertiary/aromatic N) is 8. The molecule has 23 N–H and O–H groups in total. The third kappa shape index (κ3) is 29.8. The van der Waals surface area contributed by atoms with Crippen molar-refractivity contribution in [1.29, 1.82) is 0 Å². The van der Waals surface area contributed by atoms with Crippen molar-refractivity contribution in [2.45, 2.75) is 174 Å². The van der Waals surface area contributed by atoms with Gasteiger partial charge in [0.05, 0.1) is 38.0 Å². The molecule has 2 heterocycles. The van der Waals surface area contributed by atoms with E-state index in [0.29, 0.717) is 22.6 Å². The van der Waals surface area contributed by atoms with Crippen molar-refractivity contribution in [3.8, 4) is 0 Å². The number of hydrogen-bond donors (Lipinski definition) is 16. The molecule has 3 saturated carbocycles. The van der Waals surface area contributed by atoms with E-state index in [1.54, 1.807) is 31.7 Å². The Labute approximate surface area is 726 Å². The van der Waals surface area contributed by atoms with Crippen LogP contribution >= 0.6 is 21.6 Å². The number of aliphatic imine (C=N–C) groups is 3. The number of guanidine groups is 3. The number of carbonyl (C=O) groups is 12. The van der Waals surface area contributed by atoms with Gasteiger partial charge in [-0.25, -0.2) is 4.79 Å². The first-order chi connectivity index (χ1) is 58.5. The van der Waals surface area contributed by atoms with Gasteiger partial charge in [0.2, 0.25) is 35.4 Å². The van der Waals surface area contributed by atoms with Crippen LogP contribution in [0.25, 0.3) is 10.8 Å². The standard InChI is InChI=1S/C83H131N21O17S2/c1-50(2)11-6-12-51(3)58-21-22-59-54-19-18-52-43-53(24-26-82(52,4)60(54)25-27-83(58,59)5)121-48-67(106)95-62(15-8-28-92-78(85)86)73(114)96-63(16-9-29-93-79(87)88)74(115)97-64(17-10-30-94-80(89)90)75(116)98-65(72(84)113)49-123-122-42-41-120-81(119)99-61-23-20-57-71-55(61)13-7-14-56(71)76(117)104(77(57)118)32-31-91-66(105)44-100-33-35-101(45-68(107)108)37-39-103(47-70(111)112)40-38-102(36-34-100)46-69(109)110/h7,13-14,18,20,23,50-51,53-54,58-60,62-65H,6,8-12,15-17,19,21-22,24-49H2,1-5H3,(H2,84,113)(H,91,105)(H,95,106)(H,96,114)(H,97,115)(H,98,116)(H,99,119)(H,107,108)(H,109,110)(H,111,112)(H4,85,86,92)(H4,87,88,93)(H4,89,90,94)/t51-,53+,54+,58-,59+,60+,62+,63+,64+,65+,82+,83-/m1/s1. The molecular weight excluding hydrogens is 1630 g/mol. The SMILES string of the molecule is CC(C)CCC[C@@H](C)[C@H]1CC[C@H]2[C@@H]3CC=C4C[C@@H](OCC(=O)N[C@@H](CCCN=C(N)N)C(=O)N[C@@H](CCCN=C(N)N)C(=O)N[C@@H](CCCN=C(N)N)C(=O)N[C@@H](CSSCCOC(=O)Nc5ccc6c7c(cccc57)C(=O)N(CCNC(=O)CN5CCN(CC(=O)O)CCN(CC(=O)O)CCN(CC(=O)O)CC5)C6=O)C(N)=O)CC[C@]4(C)[C@H]3CC[C@]12C. The van der Waals surface area contributed by atoms with Crippen LogP contribution in [0.4, 0.5) is 10.5 Å². The van der Waals surface area contributed by atoms with Crippen LogP contribution < -0.4 is 72.0 Å². The van der Waals surface area contributed by atoms with E-state index >= 15 is 0 Å². The van der Waals surface area contributed by atoms with E-state index in [1.807, 2.05) is 0 Å². The van der Waals surface area contributed by atoms with Crippen molar-refractivity contribution < 1.29 is 82.3 Å². The molecule has 40 heteroatoms. The molecular formula is C83H131N21O17S2. The molecule has 12 atom stereocenters. The number of anilines is 1. The van der Waals surface area contributed by atoms with Crippen LogP contribution in [0.1, 0.15) is 164 Å². The zero-order chi connectivity index (χ0) is 89.7. The third-order valence-electron chi connectivity index (χ3n) is 25.1. The summed E-state index contributed by atoms with van der Waals surface area (Å²) in [5, 5.41) is 45.8. The van der Waals surface area contributed by atoms with Crippen molar-refractivity contribution in [3.63, 3.8) is 0 Å². The van der Waals surface area contributed by atoms with Gasteiger partial charge >= 0.3 is 24.0 Å². The third-order valence-corrected chi connectivity index (χ3v) is 27.5. The molecule has 0 aromatic heterocycles.